The van der Waals surface area contributed by atoms with Crippen LogP contribution < -0.4 is 0 Å². The third kappa shape index (κ3) is 23.7. The normalized spacial score (nSPS) is 9.82. The zero-order chi connectivity index (χ0) is 17.2. The lowest BCUT2D eigenvalue weighted by Crippen LogP contribution is -2.07. The second-order valence-corrected chi connectivity index (χ2v) is 5.66. The largest absolute Gasteiger partial charge is 0.481 e. The molecule has 0 atom stereocenters. The van der Waals surface area contributed by atoms with Gasteiger partial charge in [-0.05, 0) is 20.3 Å². The number of hydrogen-bond acceptors (Lipinski definition) is 3. The molecule has 0 fully saturated rings. The average Bonchev–Trinajstić information content (AvgIpc) is 2.45. The SMILES string of the molecule is C=CC(=O)OC(C)C.CCCCCCCCCCCC(=O)O. The molecular formula is C18H34O4. The minimum Gasteiger partial charge on any atom is -0.481 e. The Hall–Kier alpha value is -1.32. The van der Waals surface area contributed by atoms with Crippen molar-refractivity contribution in [3.63, 3.8) is 0 Å². The van der Waals surface area contributed by atoms with Gasteiger partial charge >= 0.3 is 11.9 Å². The second kappa shape index (κ2) is 17.7. The van der Waals surface area contributed by atoms with E-state index < -0.39 is 5.97 Å². The Morgan fingerprint density at radius 3 is 1.77 bits per heavy atom. The van der Waals surface area contributed by atoms with Crippen LogP contribution in [0.4, 0.5) is 0 Å². The molecule has 0 aliphatic rings. The lowest BCUT2D eigenvalue weighted by molar-refractivity contribution is -0.141. The molecule has 0 aliphatic heterocycles. The van der Waals surface area contributed by atoms with Crippen molar-refractivity contribution in [3.8, 4) is 0 Å². The number of aliphatic carboxylic acids is 1. The molecule has 0 aromatic rings. The van der Waals surface area contributed by atoms with Crippen molar-refractivity contribution < 1.29 is 19.4 Å². The van der Waals surface area contributed by atoms with Crippen molar-refractivity contribution in [1.82, 2.24) is 0 Å². The molecule has 0 aliphatic carbocycles. The number of carbonyl (C=O) groups is 2. The predicted molar refractivity (Wildman–Crippen MR) is 90.9 cm³/mol. The maximum absolute atomic E-state index is 10.3. The summed E-state index contributed by atoms with van der Waals surface area (Å²) < 4.78 is 4.64. The van der Waals surface area contributed by atoms with E-state index in [-0.39, 0.29) is 12.1 Å². The number of carboxylic acids is 1. The van der Waals surface area contributed by atoms with Gasteiger partial charge in [-0.1, -0.05) is 64.9 Å². The molecule has 0 heterocycles. The maximum atomic E-state index is 10.3. The van der Waals surface area contributed by atoms with Crippen LogP contribution in [-0.2, 0) is 14.3 Å². The molecule has 0 unspecified atom stereocenters. The first-order chi connectivity index (χ1) is 10.4. The summed E-state index contributed by atoms with van der Waals surface area (Å²) in [5, 5.41) is 8.41. The van der Waals surface area contributed by atoms with Gasteiger partial charge in [-0.25, -0.2) is 4.79 Å². The van der Waals surface area contributed by atoms with Gasteiger partial charge in [0.15, 0.2) is 0 Å². The van der Waals surface area contributed by atoms with Gasteiger partial charge in [0.2, 0.25) is 0 Å². The van der Waals surface area contributed by atoms with Gasteiger partial charge in [0.25, 0.3) is 0 Å². The summed E-state index contributed by atoms with van der Waals surface area (Å²) >= 11 is 0. The van der Waals surface area contributed by atoms with Gasteiger partial charge in [0.1, 0.15) is 0 Å². The Morgan fingerprint density at radius 1 is 1.00 bits per heavy atom. The zero-order valence-corrected chi connectivity index (χ0v) is 14.6. The number of rotatable bonds is 12. The molecule has 0 aromatic carbocycles. The standard InChI is InChI=1S/C12H24O2.C6H10O2/c1-2-3-4-5-6-7-8-9-10-11-12(13)14;1-4-6(7)8-5(2)3/h2-11H2,1H3,(H,13,14);4-5H,1H2,2-3H3. The van der Waals surface area contributed by atoms with Crippen LogP contribution in [0, 0.1) is 0 Å². The van der Waals surface area contributed by atoms with Crippen LogP contribution >= 0.6 is 0 Å². The monoisotopic (exact) mass is 314 g/mol. The van der Waals surface area contributed by atoms with Gasteiger partial charge < -0.3 is 9.84 Å². The van der Waals surface area contributed by atoms with Crippen LogP contribution in [-0.4, -0.2) is 23.1 Å². The van der Waals surface area contributed by atoms with E-state index in [1.54, 1.807) is 13.8 Å². The molecule has 4 heteroatoms. The van der Waals surface area contributed by atoms with E-state index in [9.17, 15) is 9.59 Å². The highest BCUT2D eigenvalue weighted by atomic mass is 16.5. The van der Waals surface area contributed by atoms with Crippen molar-refractivity contribution >= 4 is 11.9 Å². The fourth-order valence-electron chi connectivity index (χ4n) is 1.87. The molecule has 0 radical (unpaired) electrons. The molecule has 0 rings (SSSR count). The van der Waals surface area contributed by atoms with Crippen molar-refractivity contribution in [2.45, 2.75) is 91.1 Å². The summed E-state index contributed by atoms with van der Waals surface area (Å²) in [6.45, 7) is 9.05. The van der Waals surface area contributed by atoms with Crippen molar-refractivity contribution in [2.75, 3.05) is 0 Å². The predicted octanol–water partition coefficient (Wildman–Crippen LogP) is 5.12. The Balaban J connectivity index is 0. The number of hydrogen-bond donors (Lipinski definition) is 1. The second-order valence-electron chi connectivity index (χ2n) is 5.66. The lowest BCUT2D eigenvalue weighted by Gasteiger charge is -2.02. The van der Waals surface area contributed by atoms with Gasteiger partial charge in [0.05, 0.1) is 6.10 Å². The summed E-state index contributed by atoms with van der Waals surface area (Å²) in [5.74, 6) is -1.02. The molecule has 0 aromatic heterocycles. The van der Waals surface area contributed by atoms with Crippen LogP contribution in [0.3, 0.4) is 0 Å². The first-order valence-corrected chi connectivity index (χ1v) is 8.48. The molecule has 4 nitrogen and oxygen atoms in total. The summed E-state index contributed by atoms with van der Waals surface area (Å²) in [6, 6.07) is 0. The summed E-state index contributed by atoms with van der Waals surface area (Å²) in [7, 11) is 0. The van der Waals surface area contributed by atoms with E-state index in [0.717, 1.165) is 18.9 Å². The van der Waals surface area contributed by atoms with Gasteiger partial charge in [-0.15, -0.1) is 0 Å². The maximum Gasteiger partial charge on any atom is 0.330 e. The smallest absolute Gasteiger partial charge is 0.330 e. The quantitative estimate of drug-likeness (QED) is 0.308. The van der Waals surface area contributed by atoms with Crippen molar-refractivity contribution in [3.05, 3.63) is 12.7 Å². The first-order valence-electron chi connectivity index (χ1n) is 8.48. The van der Waals surface area contributed by atoms with Gasteiger partial charge in [-0.2, -0.15) is 0 Å². The molecule has 0 amide bonds. The highest BCUT2D eigenvalue weighted by Crippen LogP contribution is 2.10. The van der Waals surface area contributed by atoms with Gasteiger partial charge in [-0.3, -0.25) is 4.79 Å². The fourth-order valence-corrected chi connectivity index (χ4v) is 1.87. The van der Waals surface area contributed by atoms with Crippen LogP contribution in [0.15, 0.2) is 12.7 Å². The van der Waals surface area contributed by atoms with Crippen LogP contribution in [0.1, 0.15) is 85.0 Å². The minimum atomic E-state index is -0.659. The van der Waals surface area contributed by atoms with Crippen LogP contribution in [0.2, 0.25) is 0 Å². The third-order valence-electron chi connectivity index (χ3n) is 3.01. The first kappa shape index (κ1) is 23.0. The number of unbranched alkanes of at least 4 members (excludes halogenated alkanes) is 8. The van der Waals surface area contributed by atoms with Crippen LogP contribution in [0.5, 0.6) is 0 Å². The summed E-state index contributed by atoms with van der Waals surface area (Å²) in [4.78, 5) is 20.5. The summed E-state index contributed by atoms with van der Waals surface area (Å²) in [6.07, 6.45) is 12.6. The number of carboxylic acid groups (broad SMARTS) is 1. The molecule has 130 valence electrons. The molecule has 22 heavy (non-hydrogen) atoms. The van der Waals surface area contributed by atoms with E-state index in [1.807, 2.05) is 0 Å². The average molecular weight is 314 g/mol. The Bertz CT molecular complexity index is 285. The summed E-state index contributed by atoms with van der Waals surface area (Å²) in [5.41, 5.74) is 0. The topological polar surface area (TPSA) is 63.6 Å². The molecular weight excluding hydrogens is 280 g/mol. The van der Waals surface area contributed by atoms with Crippen molar-refractivity contribution in [2.24, 2.45) is 0 Å². The molecule has 0 spiro atoms. The lowest BCUT2D eigenvalue weighted by atomic mass is 10.1. The number of esters is 1. The van der Waals surface area contributed by atoms with Gasteiger partial charge in [0, 0.05) is 12.5 Å². The number of carbonyl (C=O) groups excluding carboxylic acids is 1. The van der Waals surface area contributed by atoms with E-state index in [2.05, 4.69) is 18.2 Å². The number of ether oxygens (including phenoxy) is 1. The van der Waals surface area contributed by atoms with E-state index >= 15 is 0 Å². The van der Waals surface area contributed by atoms with Crippen LogP contribution in [0.25, 0.3) is 0 Å². The van der Waals surface area contributed by atoms with E-state index in [4.69, 9.17) is 5.11 Å². The molecule has 0 saturated heterocycles. The van der Waals surface area contributed by atoms with E-state index in [0.29, 0.717) is 6.42 Å². The van der Waals surface area contributed by atoms with Crippen molar-refractivity contribution in [1.29, 1.82) is 0 Å². The highest BCUT2D eigenvalue weighted by Gasteiger charge is 1.97. The molecule has 0 saturated carbocycles. The minimum absolute atomic E-state index is 0.0412. The third-order valence-corrected chi connectivity index (χ3v) is 3.01. The van der Waals surface area contributed by atoms with E-state index in [1.165, 1.54) is 44.9 Å². The zero-order valence-electron chi connectivity index (χ0n) is 14.6. The fraction of sp³-hybridized carbons (Fsp3) is 0.778. The Kier molecular flexibility index (Phi) is 18.5. The molecule has 1 N–H and O–H groups in total. The Labute approximate surface area is 135 Å². The molecule has 0 bridgehead atoms. The Morgan fingerprint density at radius 2 is 1.45 bits per heavy atom. The highest BCUT2D eigenvalue weighted by molar-refractivity contribution is 5.81.